The average Bonchev–Trinajstić information content (AvgIpc) is 1.55. The van der Waals surface area contributed by atoms with Gasteiger partial charge in [-0.05, 0) is 308 Å². The fraction of sp³-hybridized carbons (Fsp3) is 0.537. The summed E-state index contributed by atoms with van der Waals surface area (Å²) in [6.07, 6.45) is 0. The molecule has 2 atom stereocenters. The number of rotatable bonds is 0. The molecule has 5 aliphatic rings. The molecule has 8 nitrogen and oxygen atoms in total. The zero-order chi connectivity index (χ0) is 67.7. The van der Waals surface area contributed by atoms with Crippen molar-refractivity contribution < 1.29 is 18.3 Å². The van der Waals surface area contributed by atoms with Gasteiger partial charge in [-0.15, -0.1) is 0 Å². The highest BCUT2D eigenvalue weighted by atomic mass is 15.4. The van der Waals surface area contributed by atoms with Gasteiger partial charge in [0.15, 0.2) is 16.7 Å². The standard InChI is InChI=1S/C25H33N2.C19H27N2.C19H29N2.C19H27N2/c1-12-13(2)17(6)21-20(16(12)5)24-26(11)22-18(7)14(3)15(4)19(8)23(22)27(24)25(21,9)10;1-10-11(2)13(4)17-16(12(10)3)18-14(5)20(9)15(6)21(18)19(17,7)8;2*1-10-11(2)13(4)17-16(12(10)3)18-20(9)14(5)15(6)21(18)19(17,7)8/h1-11H3;1-9H3;14-15H,1-9H3;1-9H3/q4*+1. The van der Waals surface area contributed by atoms with E-state index in [1.807, 2.05) is 0 Å². The molecule has 8 heteroatoms. The first-order valence-corrected chi connectivity index (χ1v) is 33.8. The van der Waals surface area contributed by atoms with Crippen LogP contribution in [0.5, 0.6) is 0 Å². The van der Waals surface area contributed by atoms with E-state index < -0.39 is 0 Å². The third-order valence-corrected chi connectivity index (χ3v) is 26.1. The summed E-state index contributed by atoms with van der Waals surface area (Å²) in [5.74, 6) is 5.51. The monoisotopic (exact) mass is 1210 g/mol. The van der Waals surface area contributed by atoms with Crippen LogP contribution in [0.15, 0.2) is 0 Å². The van der Waals surface area contributed by atoms with Crippen LogP contribution >= 0.6 is 0 Å². The van der Waals surface area contributed by atoms with Crippen LogP contribution in [-0.2, 0) is 43.3 Å². The highest BCUT2D eigenvalue weighted by Gasteiger charge is 2.59. The van der Waals surface area contributed by atoms with Crippen LogP contribution in [0.25, 0.3) is 45.1 Å². The van der Waals surface area contributed by atoms with Crippen molar-refractivity contribution >= 4 is 16.9 Å². The molecule has 0 saturated heterocycles. The van der Waals surface area contributed by atoms with Crippen molar-refractivity contribution in [2.24, 2.45) is 21.1 Å². The fourth-order valence-electron chi connectivity index (χ4n) is 18.9. The van der Waals surface area contributed by atoms with Crippen LogP contribution in [0, 0.1) is 166 Å². The van der Waals surface area contributed by atoms with Crippen molar-refractivity contribution in [3.63, 3.8) is 0 Å². The summed E-state index contributed by atoms with van der Waals surface area (Å²) in [6.45, 7) is 78.3. The molecular formula is C82H116N8+4. The third kappa shape index (κ3) is 8.21. The van der Waals surface area contributed by atoms with Crippen LogP contribution in [-0.4, -0.2) is 48.1 Å². The number of hydrogen-bond donors (Lipinski definition) is 0. The highest BCUT2D eigenvalue weighted by molar-refractivity contribution is 6.04. The van der Waals surface area contributed by atoms with Gasteiger partial charge < -0.3 is 0 Å². The first-order chi connectivity index (χ1) is 41.3. The smallest absolute Gasteiger partial charge is 0.257 e. The van der Waals surface area contributed by atoms with E-state index in [9.17, 15) is 0 Å². The molecular weight excluding hydrogens is 1100 g/mol. The number of amidine groups is 1. The van der Waals surface area contributed by atoms with Gasteiger partial charge in [-0.3, -0.25) is 4.58 Å². The molecule has 0 amide bonds. The number of fused-ring (bicyclic) bond motifs is 14. The Morgan fingerprint density at radius 3 is 1.17 bits per heavy atom. The predicted octanol–water partition coefficient (Wildman–Crippen LogP) is 17.2. The van der Waals surface area contributed by atoms with Gasteiger partial charge in [0.2, 0.25) is 0 Å². The third-order valence-electron chi connectivity index (χ3n) is 26.1. The molecule has 0 N–H and O–H groups in total. The van der Waals surface area contributed by atoms with Crippen LogP contribution in [0.2, 0.25) is 0 Å². The van der Waals surface area contributed by atoms with Gasteiger partial charge in [-0.1, -0.05) is 0 Å². The van der Waals surface area contributed by atoms with Gasteiger partial charge in [-0.2, -0.15) is 0 Å². The van der Waals surface area contributed by atoms with E-state index in [-0.39, 0.29) is 22.2 Å². The Bertz CT molecular complexity index is 4440. The molecule has 90 heavy (non-hydrogen) atoms. The maximum Gasteiger partial charge on any atom is 0.291 e. The fourth-order valence-corrected chi connectivity index (χ4v) is 18.9. The van der Waals surface area contributed by atoms with Crippen LogP contribution in [0.1, 0.15) is 231 Å². The summed E-state index contributed by atoms with van der Waals surface area (Å²) in [5, 5.41) is 0. The summed E-state index contributed by atoms with van der Waals surface area (Å²) < 4.78 is 17.3. The van der Waals surface area contributed by atoms with Crippen molar-refractivity contribution in [2.45, 2.75) is 270 Å². The van der Waals surface area contributed by atoms with Gasteiger partial charge in [0.25, 0.3) is 23.3 Å². The van der Waals surface area contributed by atoms with Gasteiger partial charge in [0.05, 0.1) is 44.9 Å². The Kier molecular flexibility index (Phi) is 15.5. The lowest BCUT2D eigenvalue weighted by Crippen LogP contribution is -2.52. The highest BCUT2D eigenvalue weighted by Crippen LogP contribution is 2.53. The summed E-state index contributed by atoms with van der Waals surface area (Å²) >= 11 is 0. The van der Waals surface area contributed by atoms with E-state index in [2.05, 4.69) is 300 Å². The van der Waals surface area contributed by atoms with Crippen molar-refractivity contribution in [1.29, 1.82) is 0 Å². The van der Waals surface area contributed by atoms with Crippen LogP contribution in [0.4, 0.5) is 0 Å². The molecule has 8 aromatic rings. The Morgan fingerprint density at radius 2 is 0.711 bits per heavy atom. The van der Waals surface area contributed by atoms with Crippen molar-refractivity contribution in [1.82, 2.24) is 18.6 Å². The summed E-state index contributed by atoms with van der Waals surface area (Å²) in [7, 11) is 8.88. The minimum Gasteiger partial charge on any atom is -0.257 e. The minimum atomic E-state index is -0.0591. The molecule has 0 fully saturated rings. The lowest BCUT2D eigenvalue weighted by molar-refractivity contribution is -0.737. The number of benzene rings is 5. The zero-order valence-corrected chi connectivity index (χ0v) is 63.7. The quantitative estimate of drug-likeness (QED) is 0.139. The van der Waals surface area contributed by atoms with E-state index in [4.69, 9.17) is 0 Å². The topological polar surface area (TPSA) is 32.7 Å². The van der Waals surface area contributed by atoms with Gasteiger partial charge in [-0.25, -0.2) is 32.3 Å². The maximum absolute atomic E-state index is 2.65. The van der Waals surface area contributed by atoms with Gasteiger partial charge in [0.1, 0.15) is 51.3 Å². The molecule has 0 spiro atoms. The second-order valence-corrected chi connectivity index (χ2v) is 31.2. The first kappa shape index (κ1) is 66.4. The van der Waals surface area contributed by atoms with E-state index in [0.29, 0.717) is 12.1 Å². The van der Waals surface area contributed by atoms with E-state index in [0.717, 1.165) is 0 Å². The maximum atomic E-state index is 2.65. The van der Waals surface area contributed by atoms with E-state index in [1.54, 1.807) is 5.56 Å². The molecule has 5 aromatic carbocycles. The lowest BCUT2D eigenvalue weighted by Gasteiger charge is -2.31. The van der Waals surface area contributed by atoms with Crippen LogP contribution < -0.4 is 13.7 Å². The van der Waals surface area contributed by atoms with Crippen molar-refractivity contribution in [2.75, 3.05) is 7.05 Å². The molecule has 8 heterocycles. The number of aromatic nitrogens is 6. The molecule has 5 aliphatic heterocycles. The van der Waals surface area contributed by atoms with Crippen molar-refractivity contribution in [3.8, 4) is 34.0 Å². The molecule has 0 radical (unpaired) electrons. The number of imidazole rings is 3. The van der Waals surface area contributed by atoms with E-state index in [1.165, 1.54) is 207 Å². The molecule has 2 unspecified atom stereocenters. The molecule has 3 aromatic heterocycles. The SMILES string of the molecule is Cc1c(C)c(C)c2c(c1C)-c1c(C)n(C)c(C)[n+]1C2(C)C.Cc1c(C)c(C)c2c(c1C)-c1n(c(C)c(C)[n+]1C)C2(C)C.Cc1c(C)c(C)c2c(c1C)-c1n(c3c(C)c(C)c(C)c(C)c3[n+]1C)C2(C)C.Cc1c(C)c(C)c2c(c1C)C1=[N+](C)C(C)C(C)N1C2(C)C. The summed E-state index contributed by atoms with van der Waals surface area (Å²) in [6, 6.07) is 1.11. The molecule has 480 valence electrons. The average molecular weight is 1210 g/mol. The van der Waals surface area contributed by atoms with Crippen LogP contribution in [0.3, 0.4) is 0 Å². The van der Waals surface area contributed by atoms with Gasteiger partial charge >= 0.3 is 0 Å². The number of aryl methyl sites for hydroxylation is 3. The first-order valence-electron chi connectivity index (χ1n) is 33.8. The lowest BCUT2D eigenvalue weighted by atomic mass is 9.82. The molecule has 13 rings (SSSR count). The summed E-state index contributed by atoms with van der Waals surface area (Å²) in [5.41, 5.74) is 49.2. The Labute approximate surface area is 544 Å². The van der Waals surface area contributed by atoms with Crippen molar-refractivity contribution in [3.05, 3.63) is 162 Å². The Morgan fingerprint density at radius 1 is 0.356 bits per heavy atom. The number of nitrogens with zero attached hydrogens (tertiary/aromatic N) is 8. The Balaban J connectivity index is 0.000000133. The molecule has 0 bridgehead atoms. The normalized spacial score (nSPS) is 17.7. The largest absolute Gasteiger partial charge is 0.291 e. The Hall–Kier alpha value is -6.54. The minimum absolute atomic E-state index is 0.0219. The zero-order valence-electron chi connectivity index (χ0n) is 63.7. The molecule has 0 saturated carbocycles. The predicted molar refractivity (Wildman–Crippen MR) is 380 cm³/mol. The number of hydrogen-bond acceptors (Lipinski definition) is 1. The van der Waals surface area contributed by atoms with Gasteiger partial charge in [0, 0.05) is 66.6 Å². The second kappa shape index (κ2) is 21.0. The van der Waals surface area contributed by atoms with E-state index >= 15 is 0 Å². The molecule has 0 aliphatic carbocycles. The number of likely N-dealkylation sites (N-methyl/N-ethyl adjacent to an activating group) is 1. The second-order valence-electron chi connectivity index (χ2n) is 31.2. The summed E-state index contributed by atoms with van der Waals surface area (Å²) in [4.78, 5) is 2.65.